The summed E-state index contributed by atoms with van der Waals surface area (Å²) >= 11 is 5.19. The lowest BCUT2D eigenvalue weighted by Gasteiger charge is -2.08. The third-order valence-corrected chi connectivity index (χ3v) is 4.76. The standard InChI is InChI=1S/C4H9ClO6S2/c5-3-1-2-4(12(6,7)8)13(9,10)11/h4H,1-3H2,(H,6,7,8)(H,9,10,11). The molecule has 80 valence electrons. The Labute approximate surface area is 81.4 Å². The van der Waals surface area contributed by atoms with Crippen LogP contribution in [-0.2, 0) is 20.2 Å². The first kappa shape index (κ1) is 13.1. The maximum absolute atomic E-state index is 10.5. The fourth-order valence-corrected chi connectivity index (χ4v) is 3.01. The van der Waals surface area contributed by atoms with Gasteiger partial charge < -0.3 is 0 Å². The molecule has 0 aliphatic heterocycles. The van der Waals surface area contributed by atoms with Crippen molar-refractivity contribution >= 4 is 31.8 Å². The van der Waals surface area contributed by atoms with Crippen molar-refractivity contribution in [2.24, 2.45) is 0 Å². The predicted molar refractivity (Wildman–Crippen MR) is 46.8 cm³/mol. The third-order valence-electron chi connectivity index (χ3n) is 1.24. The number of halogens is 1. The van der Waals surface area contributed by atoms with Gasteiger partial charge in [0.15, 0.2) is 0 Å². The summed E-state index contributed by atoms with van der Waals surface area (Å²) in [6.07, 6.45) is -0.368. The SMILES string of the molecule is O=S(=O)(O)C(CCCCl)S(=O)(=O)O. The van der Waals surface area contributed by atoms with E-state index in [1.807, 2.05) is 0 Å². The minimum absolute atomic E-state index is 0.0432. The number of hydrogen-bond acceptors (Lipinski definition) is 4. The molecule has 0 aromatic heterocycles. The Morgan fingerprint density at radius 2 is 1.46 bits per heavy atom. The van der Waals surface area contributed by atoms with Crippen LogP contribution in [0.4, 0.5) is 0 Å². The molecule has 0 heterocycles. The van der Waals surface area contributed by atoms with E-state index in [0.29, 0.717) is 0 Å². The zero-order valence-corrected chi connectivity index (χ0v) is 8.81. The van der Waals surface area contributed by atoms with E-state index in [1.165, 1.54) is 0 Å². The Morgan fingerprint density at radius 3 is 1.69 bits per heavy atom. The first-order chi connectivity index (χ1) is 5.69. The summed E-state index contributed by atoms with van der Waals surface area (Å²) in [5.74, 6) is 0.0432. The molecule has 6 nitrogen and oxygen atoms in total. The van der Waals surface area contributed by atoms with Gasteiger partial charge in [-0.3, -0.25) is 9.11 Å². The van der Waals surface area contributed by atoms with Crippen molar-refractivity contribution in [2.75, 3.05) is 5.88 Å². The molecule has 0 saturated carbocycles. The van der Waals surface area contributed by atoms with Crippen molar-refractivity contribution in [3.63, 3.8) is 0 Å². The van der Waals surface area contributed by atoms with Crippen LogP contribution in [0.2, 0.25) is 0 Å². The van der Waals surface area contributed by atoms with Crippen LogP contribution >= 0.6 is 11.6 Å². The van der Waals surface area contributed by atoms with Crippen molar-refractivity contribution in [3.05, 3.63) is 0 Å². The smallest absolute Gasteiger partial charge is 0.284 e. The van der Waals surface area contributed by atoms with Crippen molar-refractivity contribution in [1.82, 2.24) is 0 Å². The van der Waals surface area contributed by atoms with Gasteiger partial charge in [0.2, 0.25) is 4.58 Å². The summed E-state index contributed by atoms with van der Waals surface area (Å²) in [6, 6.07) is 0. The molecule has 0 atom stereocenters. The molecule has 0 amide bonds. The van der Waals surface area contributed by atoms with Gasteiger partial charge >= 0.3 is 0 Å². The van der Waals surface area contributed by atoms with Crippen LogP contribution in [0, 0.1) is 0 Å². The summed E-state index contributed by atoms with van der Waals surface area (Å²) in [6.45, 7) is 0. The molecule has 0 fully saturated rings. The lowest BCUT2D eigenvalue weighted by Crippen LogP contribution is -2.29. The highest BCUT2D eigenvalue weighted by atomic mass is 35.5. The molecule has 0 radical (unpaired) electrons. The van der Waals surface area contributed by atoms with Crippen molar-refractivity contribution < 1.29 is 25.9 Å². The van der Waals surface area contributed by atoms with Crippen LogP contribution in [0.15, 0.2) is 0 Å². The minimum Gasteiger partial charge on any atom is -0.284 e. The maximum Gasteiger partial charge on any atom is 0.284 e. The zero-order valence-electron chi connectivity index (χ0n) is 6.42. The van der Waals surface area contributed by atoms with Gasteiger partial charge in [0.05, 0.1) is 0 Å². The van der Waals surface area contributed by atoms with E-state index in [0.717, 1.165) is 0 Å². The molecule has 13 heavy (non-hydrogen) atoms. The van der Waals surface area contributed by atoms with Gasteiger partial charge in [0.1, 0.15) is 0 Å². The van der Waals surface area contributed by atoms with Crippen LogP contribution in [0.3, 0.4) is 0 Å². The number of rotatable bonds is 5. The summed E-state index contributed by atoms with van der Waals surface area (Å²) in [5.41, 5.74) is 0. The topological polar surface area (TPSA) is 109 Å². The molecule has 9 heteroatoms. The van der Waals surface area contributed by atoms with Gasteiger partial charge in [-0.05, 0) is 12.8 Å². The molecule has 0 saturated heterocycles. The zero-order chi connectivity index (χ0) is 10.7. The number of hydrogen-bond donors (Lipinski definition) is 2. The summed E-state index contributed by atoms with van der Waals surface area (Å²) in [4.78, 5) is 0. The second-order valence-electron chi connectivity index (χ2n) is 2.29. The van der Waals surface area contributed by atoms with Gasteiger partial charge in [0, 0.05) is 5.88 Å². The lowest BCUT2D eigenvalue weighted by atomic mass is 10.4. The second kappa shape index (κ2) is 4.56. The molecule has 0 aliphatic rings. The van der Waals surface area contributed by atoms with Crippen LogP contribution in [0.25, 0.3) is 0 Å². The third kappa shape index (κ3) is 4.77. The first-order valence-corrected chi connectivity index (χ1v) is 6.72. The molecule has 0 aromatic carbocycles. The molecule has 0 unspecified atom stereocenters. The molecule has 0 rings (SSSR count). The fourth-order valence-electron chi connectivity index (χ4n) is 0.695. The van der Waals surface area contributed by atoms with E-state index in [2.05, 4.69) is 0 Å². The Morgan fingerprint density at radius 1 is 1.08 bits per heavy atom. The van der Waals surface area contributed by atoms with Crippen molar-refractivity contribution in [1.29, 1.82) is 0 Å². The summed E-state index contributed by atoms with van der Waals surface area (Å²) < 4.78 is 56.5. The average Bonchev–Trinajstić information content (AvgIpc) is 1.81. The molecule has 0 aliphatic carbocycles. The summed E-state index contributed by atoms with van der Waals surface area (Å²) in [5, 5.41) is 0. The van der Waals surface area contributed by atoms with Crippen LogP contribution in [-0.4, -0.2) is 36.4 Å². The van der Waals surface area contributed by atoms with E-state index < -0.39 is 31.2 Å². The Bertz CT molecular complexity index is 311. The molecular formula is C4H9ClO6S2. The number of alkyl halides is 1. The molecule has 0 spiro atoms. The van der Waals surface area contributed by atoms with Crippen LogP contribution in [0.1, 0.15) is 12.8 Å². The van der Waals surface area contributed by atoms with Gasteiger partial charge in [0.25, 0.3) is 20.2 Å². The van der Waals surface area contributed by atoms with Crippen molar-refractivity contribution in [2.45, 2.75) is 17.4 Å². The Hall–Kier alpha value is 0.110. The normalized spacial score (nSPS) is 13.5. The largest absolute Gasteiger partial charge is 0.284 e. The van der Waals surface area contributed by atoms with Gasteiger partial charge in [-0.25, -0.2) is 0 Å². The van der Waals surface area contributed by atoms with Gasteiger partial charge in [-0.2, -0.15) is 16.8 Å². The fraction of sp³-hybridized carbons (Fsp3) is 1.00. The highest BCUT2D eigenvalue weighted by Crippen LogP contribution is 2.13. The van der Waals surface area contributed by atoms with Crippen LogP contribution < -0.4 is 0 Å². The highest BCUT2D eigenvalue weighted by molar-refractivity contribution is 8.03. The van der Waals surface area contributed by atoms with Gasteiger partial charge in [-0.1, -0.05) is 0 Å². The van der Waals surface area contributed by atoms with E-state index in [9.17, 15) is 16.8 Å². The van der Waals surface area contributed by atoms with Crippen LogP contribution in [0.5, 0.6) is 0 Å². The molecule has 0 aromatic rings. The van der Waals surface area contributed by atoms with E-state index in [-0.39, 0.29) is 12.3 Å². The Kier molecular flexibility index (Phi) is 4.60. The van der Waals surface area contributed by atoms with E-state index >= 15 is 0 Å². The second-order valence-corrected chi connectivity index (χ2v) is 6.17. The van der Waals surface area contributed by atoms with Gasteiger partial charge in [-0.15, -0.1) is 11.6 Å². The Balaban J connectivity index is 4.81. The molecule has 0 bridgehead atoms. The minimum atomic E-state index is -4.79. The summed E-state index contributed by atoms with van der Waals surface area (Å²) in [7, 11) is -9.58. The predicted octanol–water partition coefficient (Wildman–Crippen LogP) is 0.107. The molecule has 2 N–H and O–H groups in total. The average molecular weight is 253 g/mol. The first-order valence-electron chi connectivity index (χ1n) is 3.18. The monoisotopic (exact) mass is 252 g/mol. The van der Waals surface area contributed by atoms with Crippen molar-refractivity contribution in [3.8, 4) is 0 Å². The lowest BCUT2D eigenvalue weighted by molar-refractivity contribution is 0.450. The quantitative estimate of drug-likeness (QED) is 0.531. The van der Waals surface area contributed by atoms with E-state index in [1.54, 1.807) is 0 Å². The molecular weight excluding hydrogens is 244 g/mol. The van der Waals surface area contributed by atoms with E-state index in [4.69, 9.17) is 20.7 Å². The maximum atomic E-state index is 10.5. The highest BCUT2D eigenvalue weighted by Gasteiger charge is 2.34.